The Morgan fingerprint density at radius 1 is 1.38 bits per heavy atom. The van der Waals surface area contributed by atoms with Crippen molar-refractivity contribution in [2.75, 3.05) is 12.9 Å². The van der Waals surface area contributed by atoms with Crippen molar-refractivity contribution in [2.45, 2.75) is 31.0 Å². The number of rotatable bonds is 5. The third-order valence-electron chi connectivity index (χ3n) is 4.15. The zero-order valence-corrected chi connectivity index (χ0v) is 14.4. The number of aromatic nitrogens is 3. The lowest BCUT2D eigenvalue weighted by molar-refractivity contribution is -0.118. The predicted octanol–water partition coefficient (Wildman–Crippen LogP) is 2.57. The number of hydrogen-bond acceptors (Lipinski definition) is 5. The van der Waals surface area contributed by atoms with Gasteiger partial charge in [0.15, 0.2) is 10.8 Å². The lowest BCUT2D eigenvalue weighted by Crippen LogP contribution is -2.27. The van der Waals surface area contributed by atoms with Gasteiger partial charge in [-0.2, -0.15) is 0 Å². The Labute approximate surface area is 143 Å². The van der Waals surface area contributed by atoms with E-state index in [0.717, 1.165) is 40.7 Å². The number of nitrogens with one attached hydrogen (secondary N) is 1. The predicted molar refractivity (Wildman–Crippen MR) is 93.7 cm³/mol. The third kappa shape index (κ3) is 2.80. The van der Waals surface area contributed by atoms with Gasteiger partial charge in [-0.3, -0.25) is 9.20 Å². The number of carbonyl (C=O) groups is 1. The maximum Gasteiger partial charge on any atom is 0.230 e. The molecular weight excluding hydrogens is 324 g/mol. The molecule has 1 fully saturated rings. The maximum absolute atomic E-state index is 11.9. The number of thioether (sulfide) groups is 1. The number of carbonyl (C=O) groups excluding carboxylic acids is 1. The smallest absolute Gasteiger partial charge is 0.230 e. The Balaban J connectivity index is 1.72. The van der Waals surface area contributed by atoms with Crippen LogP contribution in [0.4, 0.5) is 0 Å². The van der Waals surface area contributed by atoms with E-state index in [1.807, 2.05) is 28.7 Å². The lowest BCUT2D eigenvalue weighted by atomic mass is 10.1. The van der Waals surface area contributed by atoms with Crippen LogP contribution in [0.25, 0.3) is 16.6 Å². The van der Waals surface area contributed by atoms with Crippen molar-refractivity contribution in [1.29, 1.82) is 0 Å². The van der Waals surface area contributed by atoms with Crippen LogP contribution in [0.3, 0.4) is 0 Å². The second-order valence-corrected chi connectivity index (χ2v) is 6.96. The highest BCUT2D eigenvalue weighted by atomic mass is 32.2. The molecule has 1 amide bonds. The van der Waals surface area contributed by atoms with E-state index >= 15 is 0 Å². The molecule has 7 heteroatoms. The Bertz CT molecular complexity index is 933. The minimum atomic E-state index is 0.0493. The number of hydrogen-bond donors (Lipinski definition) is 1. The molecule has 4 rings (SSSR count). The molecule has 0 radical (unpaired) electrons. The monoisotopic (exact) mass is 342 g/mol. The summed E-state index contributed by atoms with van der Waals surface area (Å²) in [5, 5.41) is 13.3. The van der Waals surface area contributed by atoms with Crippen molar-refractivity contribution >= 4 is 34.2 Å². The fourth-order valence-electron chi connectivity index (χ4n) is 2.75. The van der Waals surface area contributed by atoms with Crippen LogP contribution >= 0.6 is 11.8 Å². The van der Waals surface area contributed by atoms with Crippen molar-refractivity contribution < 1.29 is 9.53 Å². The SMILES string of the molecule is COc1ccc2c(C)cc3nnc(SCC(=O)NC4CC4)n3c2c1. The summed E-state index contributed by atoms with van der Waals surface area (Å²) in [6, 6.07) is 8.35. The summed E-state index contributed by atoms with van der Waals surface area (Å²) in [4.78, 5) is 11.9. The highest BCUT2D eigenvalue weighted by molar-refractivity contribution is 7.99. The number of benzene rings is 1. The molecule has 0 unspecified atom stereocenters. The van der Waals surface area contributed by atoms with Crippen LogP contribution in [-0.4, -0.2) is 39.4 Å². The molecule has 1 N–H and O–H groups in total. The van der Waals surface area contributed by atoms with Crippen molar-refractivity contribution in [2.24, 2.45) is 0 Å². The largest absolute Gasteiger partial charge is 0.497 e. The zero-order chi connectivity index (χ0) is 16.7. The fraction of sp³-hybridized carbons (Fsp3) is 0.353. The molecule has 6 nitrogen and oxygen atoms in total. The van der Waals surface area contributed by atoms with Crippen LogP contribution < -0.4 is 10.1 Å². The molecule has 0 spiro atoms. The molecule has 1 aliphatic carbocycles. The first-order chi connectivity index (χ1) is 11.7. The number of fused-ring (bicyclic) bond motifs is 3. The van der Waals surface area contributed by atoms with Crippen LogP contribution in [0, 0.1) is 6.92 Å². The molecule has 0 saturated heterocycles. The third-order valence-corrected chi connectivity index (χ3v) is 5.08. The van der Waals surface area contributed by atoms with Crippen LogP contribution in [-0.2, 0) is 4.79 Å². The number of aryl methyl sites for hydroxylation is 1. The highest BCUT2D eigenvalue weighted by Crippen LogP contribution is 2.28. The molecule has 1 saturated carbocycles. The number of amides is 1. The Kier molecular flexibility index (Phi) is 3.80. The van der Waals surface area contributed by atoms with E-state index in [2.05, 4.69) is 22.4 Å². The average molecular weight is 342 g/mol. The summed E-state index contributed by atoms with van der Waals surface area (Å²) < 4.78 is 7.34. The van der Waals surface area contributed by atoms with Gasteiger partial charge in [-0.05, 0) is 43.5 Å². The first-order valence-electron chi connectivity index (χ1n) is 7.90. The Morgan fingerprint density at radius 2 is 2.21 bits per heavy atom. The van der Waals surface area contributed by atoms with Crippen LogP contribution in [0.5, 0.6) is 5.75 Å². The molecular formula is C17H18N4O2S. The second kappa shape index (κ2) is 5.98. The fourth-order valence-corrected chi connectivity index (χ4v) is 3.51. The molecule has 2 aromatic heterocycles. The zero-order valence-electron chi connectivity index (χ0n) is 13.6. The standard InChI is InChI=1S/C17H18N4O2S/c1-10-7-15-19-20-17(24-9-16(22)18-11-3-4-11)21(15)14-8-12(23-2)5-6-13(10)14/h5-8,11H,3-4,9H2,1-2H3,(H,18,22). The van der Waals surface area contributed by atoms with Gasteiger partial charge in [-0.25, -0.2) is 0 Å². The van der Waals surface area contributed by atoms with Gasteiger partial charge >= 0.3 is 0 Å². The normalized spacial score (nSPS) is 14.2. The van der Waals surface area contributed by atoms with Gasteiger partial charge < -0.3 is 10.1 Å². The van der Waals surface area contributed by atoms with Gasteiger partial charge in [-0.15, -0.1) is 10.2 Å². The summed E-state index contributed by atoms with van der Waals surface area (Å²) in [5.74, 6) is 1.18. The molecule has 3 aromatic rings. The summed E-state index contributed by atoms with van der Waals surface area (Å²) in [6.07, 6.45) is 2.18. The molecule has 124 valence electrons. The van der Waals surface area contributed by atoms with Crippen molar-refractivity contribution in [3.63, 3.8) is 0 Å². The number of methoxy groups -OCH3 is 1. The van der Waals surface area contributed by atoms with Gasteiger partial charge in [0.05, 0.1) is 18.4 Å². The van der Waals surface area contributed by atoms with Gasteiger partial charge in [0.25, 0.3) is 0 Å². The minimum absolute atomic E-state index is 0.0493. The highest BCUT2D eigenvalue weighted by Gasteiger charge is 2.23. The van der Waals surface area contributed by atoms with E-state index in [4.69, 9.17) is 4.74 Å². The summed E-state index contributed by atoms with van der Waals surface area (Å²) in [7, 11) is 1.65. The maximum atomic E-state index is 11.9. The first-order valence-corrected chi connectivity index (χ1v) is 8.89. The van der Waals surface area contributed by atoms with Crippen LogP contribution in [0.15, 0.2) is 29.4 Å². The van der Waals surface area contributed by atoms with Gasteiger partial charge in [0, 0.05) is 17.5 Å². The number of nitrogens with zero attached hydrogens (tertiary/aromatic N) is 3. The molecule has 24 heavy (non-hydrogen) atoms. The van der Waals surface area contributed by atoms with Gasteiger partial charge in [0.1, 0.15) is 5.75 Å². The van der Waals surface area contributed by atoms with E-state index in [1.165, 1.54) is 11.8 Å². The minimum Gasteiger partial charge on any atom is -0.497 e. The molecule has 1 aromatic carbocycles. The van der Waals surface area contributed by atoms with Gasteiger partial charge in [0.2, 0.25) is 5.91 Å². The van der Waals surface area contributed by atoms with E-state index in [9.17, 15) is 4.79 Å². The van der Waals surface area contributed by atoms with E-state index < -0.39 is 0 Å². The van der Waals surface area contributed by atoms with E-state index in [0.29, 0.717) is 17.0 Å². The second-order valence-electron chi connectivity index (χ2n) is 6.02. The van der Waals surface area contributed by atoms with Crippen molar-refractivity contribution in [3.8, 4) is 5.75 Å². The molecule has 1 aliphatic rings. The lowest BCUT2D eigenvalue weighted by Gasteiger charge is -2.09. The Morgan fingerprint density at radius 3 is 2.96 bits per heavy atom. The molecule has 0 bridgehead atoms. The van der Waals surface area contributed by atoms with Gasteiger partial charge in [-0.1, -0.05) is 11.8 Å². The Hall–Kier alpha value is -2.28. The quantitative estimate of drug-likeness (QED) is 0.722. The van der Waals surface area contributed by atoms with E-state index in [-0.39, 0.29) is 5.91 Å². The summed E-state index contributed by atoms with van der Waals surface area (Å²) in [6.45, 7) is 2.05. The molecule has 2 heterocycles. The van der Waals surface area contributed by atoms with Crippen molar-refractivity contribution in [3.05, 3.63) is 29.8 Å². The van der Waals surface area contributed by atoms with E-state index in [1.54, 1.807) is 7.11 Å². The molecule has 0 aliphatic heterocycles. The van der Waals surface area contributed by atoms with Crippen LogP contribution in [0.1, 0.15) is 18.4 Å². The number of pyridine rings is 1. The molecule has 0 atom stereocenters. The summed E-state index contributed by atoms with van der Waals surface area (Å²) in [5.41, 5.74) is 2.90. The first kappa shape index (κ1) is 15.3. The average Bonchev–Trinajstić information content (AvgIpc) is 3.30. The number of ether oxygens (including phenoxy) is 1. The topological polar surface area (TPSA) is 68.5 Å². The van der Waals surface area contributed by atoms with Crippen LogP contribution in [0.2, 0.25) is 0 Å². The summed E-state index contributed by atoms with van der Waals surface area (Å²) >= 11 is 1.41. The van der Waals surface area contributed by atoms with Crippen molar-refractivity contribution in [1.82, 2.24) is 19.9 Å².